The molecule has 1 aliphatic heterocycles. The molecule has 2 unspecified atom stereocenters. The van der Waals surface area contributed by atoms with Gasteiger partial charge in [0.1, 0.15) is 0 Å². The second-order valence-corrected chi connectivity index (χ2v) is 4.83. The number of nitriles is 1. The van der Waals surface area contributed by atoms with Crippen molar-refractivity contribution in [2.45, 2.75) is 25.8 Å². The fourth-order valence-corrected chi connectivity index (χ4v) is 2.78. The van der Waals surface area contributed by atoms with Gasteiger partial charge in [0.05, 0.1) is 12.5 Å². The average Bonchev–Trinajstić information content (AvgIpc) is 2.89. The van der Waals surface area contributed by atoms with Crippen LogP contribution < -0.4 is 10.2 Å². The zero-order valence-electron chi connectivity index (χ0n) is 11.0. The highest BCUT2D eigenvalue weighted by Gasteiger charge is 2.30. The lowest BCUT2D eigenvalue weighted by Gasteiger charge is -2.33. The summed E-state index contributed by atoms with van der Waals surface area (Å²) in [7, 11) is 0. The first kappa shape index (κ1) is 12.9. The molecule has 0 radical (unpaired) electrons. The van der Waals surface area contributed by atoms with Crippen LogP contribution in [0.1, 0.15) is 19.8 Å². The number of nitrogens with one attached hydrogen (secondary N) is 1. The molecule has 18 heavy (non-hydrogen) atoms. The Morgan fingerprint density at radius 1 is 1.33 bits per heavy atom. The molecule has 1 N–H and O–H groups in total. The van der Waals surface area contributed by atoms with Crippen LogP contribution in [0.2, 0.25) is 0 Å². The maximum absolute atomic E-state index is 8.84. The molecule has 1 heterocycles. The Morgan fingerprint density at radius 2 is 2.11 bits per heavy atom. The Bertz CT molecular complexity index is 396. The third-order valence-corrected chi connectivity index (χ3v) is 3.78. The number of hydrogen-bond donors (Lipinski definition) is 1. The summed E-state index contributed by atoms with van der Waals surface area (Å²) in [6.07, 6.45) is 1.77. The molecule has 0 spiro atoms. The van der Waals surface area contributed by atoms with E-state index in [1.54, 1.807) is 0 Å². The summed E-state index contributed by atoms with van der Waals surface area (Å²) in [5.74, 6) is 0.684. The first-order chi connectivity index (χ1) is 8.86. The van der Waals surface area contributed by atoms with Crippen molar-refractivity contribution >= 4 is 5.69 Å². The Balaban J connectivity index is 2.17. The Kier molecular flexibility index (Phi) is 4.60. The number of hydrogen-bond acceptors (Lipinski definition) is 3. The second kappa shape index (κ2) is 6.42. The van der Waals surface area contributed by atoms with E-state index in [9.17, 15) is 0 Å². The fraction of sp³-hybridized carbons (Fsp3) is 0.533. The molecule has 3 heteroatoms. The van der Waals surface area contributed by atoms with E-state index in [-0.39, 0.29) is 0 Å². The Morgan fingerprint density at radius 3 is 2.78 bits per heavy atom. The largest absolute Gasteiger partial charge is 0.366 e. The zero-order valence-corrected chi connectivity index (χ0v) is 11.0. The van der Waals surface area contributed by atoms with E-state index in [2.05, 4.69) is 47.5 Å². The van der Waals surface area contributed by atoms with Crippen molar-refractivity contribution in [2.75, 3.05) is 24.5 Å². The zero-order chi connectivity index (χ0) is 12.8. The highest BCUT2D eigenvalue weighted by Crippen LogP contribution is 2.25. The van der Waals surface area contributed by atoms with Gasteiger partial charge in [-0.05, 0) is 18.1 Å². The molecule has 0 amide bonds. The van der Waals surface area contributed by atoms with Crippen molar-refractivity contribution in [3.05, 3.63) is 30.3 Å². The minimum Gasteiger partial charge on any atom is -0.366 e. The molecule has 0 aromatic heterocycles. The third kappa shape index (κ3) is 2.83. The maximum Gasteiger partial charge on any atom is 0.0640 e. The fourth-order valence-electron chi connectivity index (χ4n) is 2.78. The van der Waals surface area contributed by atoms with Crippen molar-refractivity contribution < 1.29 is 0 Å². The van der Waals surface area contributed by atoms with Crippen LogP contribution >= 0.6 is 0 Å². The molecule has 1 aromatic carbocycles. The van der Waals surface area contributed by atoms with Gasteiger partial charge < -0.3 is 10.2 Å². The SMILES string of the molecule is CCC1CNCC1N(CCC#N)c1ccccc1. The summed E-state index contributed by atoms with van der Waals surface area (Å²) in [5.41, 5.74) is 1.24. The monoisotopic (exact) mass is 243 g/mol. The van der Waals surface area contributed by atoms with E-state index in [1.165, 1.54) is 12.1 Å². The highest BCUT2D eigenvalue weighted by molar-refractivity contribution is 5.47. The van der Waals surface area contributed by atoms with E-state index in [0.29, 0.717) is 18.4 Å². The van der Waals surface area contributed by atoms with Crippen molar-refractivity contribution in [3.63, 3.8) is 0 Å². The van der Waals surface area contributed by atoms with E-state index < -0.39 is 0 Å². The molecule has 1 aromatic rings. The normalized spacial score (nSPS) is 22.7. The van der Waals surface area contributed by atoms with Crippen LogP contribution in [-0.2, 0) is 0 Å². The van der Waals surface area contributed by atoms with Crippen LogP contribution in [0.15, 0.2) is 30.3 Å². The number of anilines is 1. The summed E-state index contributed by atoms with van der Waals surface area (Å²) in [4.78, 5) is 2.40. The molecule has 0 saturated carbocycles. The summed E-state index contributed by atoms with van der Waals surface area (Å²) < 4.78 is 0. The maximum atomic E-state index is 8.84. The van der Waals surface area contributed by atoms with Crippen LogP contribution in [0.4, 0.5) is 5.69 Å². The van der Waals surface area contributed by atoms with Crippen LogP contribution in [-0.4, -0.2) is 25.7 Å². The number of benzene rings is 1. The van der Waals surface area contributed by atoms with E-state index in [4.69, 9.17) is 5.26 Å². The molecule has 96 valence electrons. The van der Waals surface area contributed by atoms with Crippen molar-refractivity contribution in [3.8, 4) is 6.07 Å². The van der Waals surface area contributed by atoms with Gasteiger partial charge in [0, 0.05) is 31.4 Å². The first-order valence-corrected chi connectivity index (χ1v) is 6.76. The third-order valence-electron chi connectivity index (χ3n) is 3.78. The van der Waals surface area contributed by atoms with Gasteiger partial charge in [0.15, 0.2) is 0 Å². The molecule has 1 saturated heterocycles. The highest BCUT2D eigenvalue weighted by atomic mass is 15.2. The summed E-state index contributed by atoms with van der Waals surface area (Å²) in [5, 5.41) is 12.3. The minimum atomic E-state index is 0.519. The van der Waals surface area contributed by atoms with Gasteiger partial charge in [0.25, 0.3) is 0 Å². The van der Waals surface area contributed by atoms with Crippen LogP contribution in [0.25, 0.3) is 0 Å². The van der Waals surface area contributed by atoms with Crippen LogP contribution in [0, 0.1) is 17.2 Å². The first-order valence-electron chi connectivity index (χ1n) is 6.76. The van der Waals surface area contributed by atoms with Crippen molar-refractivity contribution in [2.24, 2.45) is 5.92 Å². The average molecular weight is 243 g/mol. The molecule has 2 atom stereocenters. The number of rotatable bonds is 5. The lowest BCUT2D eigenvalue weighted by molar-refractivity contribution is 0.466. The summed E-state index contributed by atoms with van der Waals surface area (Å²) in [6, 6.07) is 13.2. The van der Waals surface area contributed by atoms with Gasteiger partial charge in [-0.3, -0.25) is 0 Å². The molecule has 0 bridgehead atoms. The standard InChI is InChI=1S/C15H21N3/c1-2-13-11-17-12-15(13)18(10-6-9-16)14-7-4-3-5-8-14/h3-5,7-8,13,15,17H,2,6,10-12H2,1H3. The predicted molar refractivity (Wildman–Crippen MR) is 74.5 cm³/mol. The van der Waals surface area contributed by atoms with Crippen LogP contribution in [0.5, 0.6) is 0 Å². The quantitative estimate of drug-likeness (QED) is 0.863. The molecular weight excluding hydrogens is 222 g/mol. The molecule has 3 nitrogen and oxygen atoms in total. The topological polar surface area (TPSA) is 39.1 Å². The van der Waals surface area contributed by atoms with Gasteiger partial charge in [-0.1, -0.05) is 31.5 Å². The van der Waals surface area contributed by atoms with Gasteiger partial charge in [-0.15, -0.1) is 0 Å². The van der Waals surface area contributed by atoms with Gasteiger partial charge in [-0.25, -0.2) is 0 Å². The lowest BCUT2D eigenvalue weighted by Crippen LogP contribution is -2.41. The molecule has 1 fully saturated rings. The molecule has 2 rings (SSSR count). The van der Waals surface area contributed by atoms with E-state index in [0.717, 1.165) is 19.6 Å². The predicted octanol–water partition coefficient (Wildman–Crippen LogP) is 2.40. The smallest absolute Gasteiger partial charge is 0.0640 e. The van der Waals surface area contributed by atoms with Crippen LogP contribution in [0.3, 0.4) is 0 Å². The minimum absolute atomic E-state index is 0.519. The van der Waals surface area contributed by atoms with Crippen molar-refractivity contribution in [1.29, 1.82) is 5.26 Å². The van der Waals surface area contributed by atoms with Gasteiger partial charge >= 0.3 is 0 Å². The lowest BCUT2D eigenvalue weighted by atomic mass is 9.98. The summed E-state index contributed by atoms with van der Waals surface area (Å²) in [6.45, 7) is 5.19. The van der Waals surface area contributed by atoms with Crippen molar-refractivity contribution in [1.82, 2.24) is 5.32 Å². The molecule has 0 aliphatic carbocycles. The Labute approximate surface area is 109 Å². The number of para-hydroxylation sites is 1. The van der Waals surface area contributed by atoms with Gasteiger partial charge in [-0.2, -0.15) is 5.26 Å². The Hall–Kier alpha value is -1.53. The molecule has 1 aliphatic rings. The summed E-state index contributed by atoms with van der Waals surface area (Å²) >= 11 is 0. The molecular formula is C15H21N3. The second-order valence-electron chi connectivity index (χ2n) is 4.83. The number of nitrogens with zero attached hydrogens (tertiary/aromatic N) is 2. The van der Waals surface area contributed by atoms with E-state index in [1.807, 2.05) is 6.07 Å². The van der Waals surface area contributed by atoms with E-state index >= 15 is 0 Å². The van der Waals surface area contributed by atoms with Gasteiger partial charge in [0.2, 0.25) is 0 Å².